The summed E-state index contributed by atoms with van der Waals surface area (Å²) in [4.78, 5) is 38.6. The van der Waals surface area contributed by atoms with Gasteiger partial charge in [0.15, 0.2) is 11.2 Å². The SMILES string of the molecule is Cc1cccc2c(=O)cc(C(=O)Nc3c(C(=O)Nc4ccccc4)oc4ccccc34)oc12. The average molecular weight is 438 g/mol. The number of hydrogen-bond donors (Lipinski definition) is 2. The Labute approximate surface area is 187 Å². The van der Waals surface area contributed by atoms with E-state index < -0.39 is 11.8 Å². The van der Waals surface area contributed by atoms with Crippen LogP contribution in [0.5, 0.6) is 0 Å². The van der Waals surface area contributed by atoms with Crippen LogP contribution in [0.3, 0.4) is 0 Å². The standard InChI is InChI=1S/C26H18N2O5/c1-15-8-7-12-17-19(29)14-21(33-23(15)17)25(30)28-22-18-11-5-6-13-20(18)32-24(22)26(31)27-16-9-3-2-4-10-16/h2-14H,1H3,(H,27,31)(H,28,30). The van der Waals surface area contributed by atoms with Crippen LogP contribution in [0.1, 0.15) is 26.7 Å². The van der Waals surface area contributed by atoms with E-state index in [9.17, 15) is 14.4 Å². The molecule has 7 nitrogen and oxygen atoms in total. The molecule has 5 rings (SSSR count). The van der Waals surface area contributed by atoms with Crippen LogP contribution >= 0.6 is 0 Å². The maximum absolute atomic E-state index is 13.1. The van der Waals surface area contributed by atoms with Gasteiger partial charge in [-0.25, -0.2) is 0 Å². The van der Waals surface area contributed by atoms with Crippen LogP contribution in [0.2, 0.25) is 0 Å². The molecule has 3 aromatic carbocycles. The van der Waals surface area contributed by atoms with Crippen LogP contribution in [0.15, 0.2) is 92.5 Å². The molecule has 2 N–H and O–H groups in total. The van der Waals surface area contributed by atoms with E-state index in [0.29, 0.717) is 27.6 Å². The van der Waals surface area contributed by atoms with Crippen molar-refractivity contribution < 1.29 is 18.4 Å². The number of anilines is 2. The van der Waals surface area contributed by atoms with E-state index in [4.69, 9.17) is 8.83 Å². The molecule has 0 saturated carbocycles. The van der Waals surface area contributed by atoms with Crippen LogP contribution in [-0.4, -0.2) is 11.8 Å². The number of amides is 2. The molecular formula is C26H18N2O5. The van der Waals surface area contributed by atoms with Crippen molar-refractivity contribution in [2.45, 2.75) is 6.92 Å². The summed E-state index contributed by atoms with van der Waals surface area (Å²) in [7, 11) is 0. The summed E-state index contributed by atoms with van der Waals surface area (Å²) in [5.74, 6) is -1.42. The van der Waals surface area contributed by atoms with Gasteiger partial charge in [-0.3, -0.25) is 14.4 Å². The fraction of sp³-hybridized carbons (Fsp3) is 0.0385. The zero-order valence-electron chi connectivity index (χ0n) is 17.5. The minimum absolute atomic E-state index is 0.0623. The monoisotopic (exact) mass is 438 g/mol. The van der Waals surface area contributed by atoms with Gasteiger partial charge in [-0.05, 0) is 42.8 Å². The highest BCUT2D eigenvalue weighted by molar-refractivity contribution is 6.16. The Bertz CT molecular complexity index is 1580. The third-order valence-electron chi connectivity index (χ3n) is 5.25. The van der Waals surface area contributed by atoms with Crippen molar-refractivity contribution in [2.75, 3.05) is 10.6 Å². The number of para-hydroxylation sites is 3. The fourth-order valence-corrected chi connectivity index (χ4v) is 3.64. The fourth-order valence-electron chi connectivity index (χ4n) is 3.64. The molecule has 162 valence electrons. The van der Waals surface area contributed by atoms with Gasteiger partial charge in [0.2, 0.25) is 5.76 Å². The Balaban J connectivity index is 1.55. The van der Waals surface area contributed by atoms with E-state index in [-0.39, 0.29) is 22.6 Å². The van der Waals surface area contributed by atoms with E-state index in [1.807, 2.05) is 6.07 Å². The molecule has 0 atom stereocenters. The van der Waals surface area contributed by atoms with Crippen molar-refractivity contribution in [3.8, 4) is 0 Å². The molecule has 5 aromatic rings. The smallest absolute Gasteiger partial charge is 0.293 e. The third-order valence-corrected chi connectivity index (χ3v) is 5.25. The molecule has 33 heavy (non-hydrogen) atoms. The second-order valence-electron chi connectivity index (χ2n) is 7.50. The topological polar surface area (TPSA) is 102 Å². The maximum atomic E-state index is 13.1. The third kappa shape index (κ3) is 3.76. The van der Waals surface area contributed by atoms with Crippen LogP contribution in [0, 0.1) is 6.92 Å². The molecule has 7 heteroatoms. The summed E-state index contributed by atoms with van der Waals surface area (Å²) in [6.45, 7) is 1.79. The van der Waals surface area contributed by atoms with Gasteiger partial charge >= 0.3 is 0 Å². The largest absolute Gasteiger partial charge is 0.450 e. The predicted octanol–water partition coefficient (Wildman–Crippen LogP) is 5.35. The summed E-state index contributed by atoms with van der Waals surface area (Å²) in [5, 5.41) is 6.39. The zero-order chi connectivity index (χ0) is 22.9. The molecular weight excluding hydrogens is 420 g/mol. The highest BCUT2D eigenvalue weighted by Gasteiger charge is 2.24. The Hall–Kier alpha value is -4.65. The lowest BCUT2D eigenvalue weighted by Crippen LogP contribution is -2.18. The minimum Gasteiger partial charge on any atom is -0.450 e. The first kappa shape index (κ1) is 20.3. The number of aryl methyl sites for hydroxylation is 1. The van der Waals surface area contributed by atoms with Gasteiger partial charge in [0, 0.05) is 17.1 Å². The second kappa shape index (κ2) is 8.12. The van der Waals surface area contributed by atoms with E-state index in [1.54, 1.807) is 73.7 Å². The molecule has 0 aliphatic rings. The summed E-state index contributed by atoms with van der Waals surface area (Å²) >= 11 is 0. The van der Waals surface area contributed by atoms with Crippen molar-refractivity contribution in [1.82, 2.24) is 0 Å². The van der Waals surface area contributed by atoms with Crippen molar-refractivity contribution in [2.24, 2.45) is 0 Å². The molecule has 0 radical (unpaired) electrons. The van der Waals surface area contributed by atoms with Crippen LogP contribution in [0.4, 0.5) is 11.4 Å². The molecule has 0 aliphatic carbocycles. The second-order valence-corrected chi connectivity index (χ2v) is 7.50. The first-order valence-corrected chi connectivity index (χ1v) is 10.2. The lowest BCUT2D eigenvalue weighted by molar-refractivity contribution is 0.0996. The lowest BCUT2D eigenvalue weighted by atomic mass is 10.1. The van der Waals surface area contributed by atoms with Gasteiger partial charge in [0.05, 0.1) is 5.39 Å². The molecule has 2 heterocycles. The van der Waals surface area contributed by atoms with Crippen molar-refractivity contribution in [3.63, 3.8) is 0 Å². The Morgan fingerprint density at radius 3 is 2.30 bits per heavy atom. The Kier molecular flexibility index (Phi) is 4.99. The summed E-state index contributed by atoms with van der Waals surface area (Å²) in [6.07, 6.45) is 0. The first-order chi connectivity index (χ1) is 16.0. The van der Waals surface area contributed by atoms with E-state index in [2.05, 4.69) is 10.6 Å². The number of furan rings is 1. The van der Waals surface area contributed by atoms with Gasteiger partial charge in [0.1, 0.15) is 16.9 Å². The summed E-state index contributed by atoms with van der Waals surface area (Å²) in [5.41, 5.74) is 1.95. The highest BCUT2D eigenvalue weighted by atomic mass is 16.4. The highest BCUT2D eigenvalue weighted by Crippen LogP contribution is 2.32. The van der Waals surface area contributed by atoms with Gasteiger partial charge < -0.3 is 19.5 Å². The quantitative estimate of drug-likeness (QED) is 0.394. The van der Waals surface area contributed by atoms with Crippen molar-refractivity contribution in [3.05, 3.63) is 106 Å². The molecule has 2 aromatic heterocycles. The first-order valence-electron chi connectivity index (χ1n) is 10.2. The van der Waals surface area contributed by atoms with Crippen molar-refractivity contribution in [1.29, 1.82) is 0 Å². The van der Waals surface area contributed by atoms with Gasteiger partial charge in [-0.2, -0.15) is 0 Å². The van der Waals surface area contributed by atoms with E-state index in [1.165, 1.54) is 0 Å². The normalized spacial score (nSPS) is 10.9. The van der Waals surface area contributed by atoms with E-state index in [0.717, 1.165) is 11.6 Å². The molecule has 0 aliphatic heterocycles. The molecule has 0 bridgehead atoms. The zero-order valence-corrected chi connectivity index (χ0v) is 17.5. The number of carbonyl (C=O) groups is 2. The minimum atomic E-state index is -0.669. The molecule has 0 fully saturated rings. The lowest BCUT2D eigenvalue weighted by Gasteiger charge is -2.08. The summed E-state index contributed by atoms with van der Waals surface area (Å²) < 4.78 is 11.5. The van der Waals surface area contributed by atoms with Gasteiger partial charge in [-0.15, -0.1) is 0 Å². The number of fused-ring (bicyclic) bond motifs is 2. The molecule has 2 amide bonds. The van der Waals surface area contributed by atoms with Crippen LogP contribution in [-0.2, 0) is 0 Å². The number of benzene rings is 3. The predicted molar refractivity (Wildman–Crippen MR) is 126 cm³/mol. The number of nitrogens with one attached hydrogen (secondary N) is 2. The van der Waals surface area contributed by atoms with Crippen LogP contribution in [0.25, 0.3) is 21.9 Å². The molecule has 0 saturated heterocycles. The van der Waals surface area contributed by atoms with Gasteiger partial charge in [0.25, 0.3) is 11.8 Å². The van der Waals surface area contributed by atoms with E-state index >= 15 is 0 Å². The number of rotatable bonds is 4. The number of carbonyl (C=O) groups excluding carboxylic acids is 2. The average Bonchev–Trinajstić information content (AvgIpc) is 3.19. The maximum Gasteiger partial charge on any atom is 0.293 e. The van der Waals surface area contributed by atoms with Crippen molar-refractivity contribution >= 4 is 45.1 Å². The van der Waals surface area contributed by atoms with Crippen LogP contribution < -0.4 is 16.1 Å². The Morgan fingerprint density at radius 1 is 0.758 bits per heavy atom. The van der Waals surface area contributed by atoms with Gasteiger partial charge in [-0.1, -0.05) is 42.5 Å². The molecule has 0 spiro atoms. The molecule has 0 unspecified atom stereocenters. The number of hydrogen-bond acceptors (Lipinski definition) is 5. The summed E-state index contributed by atoms with van der Waals surface area (Å²) in [6, 6.07) is 22.2. The Morgan fingerprint density at radius 2 is 1.48 bits per heavy atom.